The van der Waals surface area contributed by atoms with E-state index in [1.165, 1.54) is 6.26 Å². The zero-order valence-corrected chi connectivity index (χ0v) is 31.4. The average molecular weight is 839 g/mol. The molecule has 2 aromatic rings. The van der Waals surface area contributed by atoms with E-state index in [4.69, 9.17) is 33.2 Å². The minimum absolute atomic E-state index is 0.262. The molecule has 1 amide bonds. The molecule has 21 heteroatoms. The number of benzene rings is 1. The molecule has 7 heterocycles. The molecule has 59 heavy (non-hydrogen) atoms. The van der Waals surface area contributed by atoms with Crippen LogP contribution < -0.4 is 4.74 Å². The van der Waals surface area contributed by atoms with Crippen LogP contribution in [0.1, 0.15) is 23.7 Å². The molecule has 0 saturated carbocycles. The summed E-state index contributed by atoms with van der Waals surface area (Å²) >= 11 is 0. The first-order chi connectivity index (χ1) is 28.3. The first kappa shape index (κ1) is 42.4. The number of nitrogens with one attached hydrogen (secondary N) is 1. The van der Waals surface area contributed by atoms with Crippen molar-refractivity contribution < 1.29 is 94.1 Å². The van der Waals surface area contributed by atoms with Gasteiger partial charge in [-0.3, -0.25) is 4.79 Å². The van der Waals surface area contributed by atoms with Crippen molar-refractivity contribution in [3.63, 3.8) is 0 Å². The lowest BCUT2D eigenvalue weighted by molar-refractivity contribution is -0.383. The zero-order chi connectivity index (χ0) is 42.0. The van der Waals surface area contributed by atoms with E-state index in [9.17, 15) is 61.0 Å². The van der Waals surface area contributed by atoms with Crippen molar-refractivity contribution in [3.05, 3.63) is 53.9 Å². The molecule has 0 spiro atoms. The summed E-state index contributed by atoms with van der Waals surface area (Å²) in [6.07, 6.45) is -21.4. The van der Waals surface area contributed by atoms with Crippen LogP contribution in [0.25, 0.3) is 10.9 Å². The van der Waals surface area contributed by atoms with Gasteiger partial charge in [0, 0.05) is 41.0 Å². The minimum Gasteiger partial charge on any atom is -0.471 e. The van der Waals surface area contributed by atoms with Crippen molar-refractivity contribution in [3.8, 4) is 5.75 Å². The van der Waals surface area contributed by atoms with Gasteiger partial charge in [0.05, 0.1) is 37.7 Å². The van der Waals surface area contributed by atoms with Crippen LogP contribution in [0, 0.1) is 11.8 Å². The Labute approximate surface area is 335 Å². The summed E-state index contributed by atoms with van der Waals surface area (Å²) in [5.41, 5.74) is 2.77. The standard InChI is InChI=1S/C38H50N2O19/c1-2-14-17-8-20-24-16(15-4-3-13(7-19(15)39-24)54-36-31(50)28(47)25(44)21(9-41)55-36)5-6-40(20)34(52)18(17)12-53-35(14)59-38-33(30(49)27(46)23(11-43)57-38)58-37-32(51)29(48)26(45)22(10-42)56-37/h2-4,7,12,14,17,20-23,25-33,35-39,41-51H,1,5-6,8-11H2/t14-,17+,20-,21-,22-,23-,25-,26-,27-,28+,29+,30+,31-,32-,33-,35+,36-,37+,38+/m1/s1. The number of aromatic amines is 1. The Morgan fingerprint density at radius 3 is 2.02 bits per heavy atom. The molecule has 12 N–H and O–H groups in total. The van der Waals surface area contributed by atoms with E-state index in [1.807, 2.05) is 6.07 Å². The number of carbonyl (C=O) groups excluding carboxylic acids is 1. The van der Waals surface area contributed by atoms with Gasteiger partial charge in [-0.2, -0.15) is 0 Å². The van der Waals surface area contributed by atoms with E-state index in [-0.39, 0.29) is 11.7 Å². The zero-order valence-electron chi connectivity index (χ0n) is 31.4. The number of fused-ring (bicyclic) bond motifs is 6. The van der Waals surface area contributed by atoms with Crippen LogP contribution >= 0.6 is 0 Å². The molecule has 1 aromatic carbocycles. The second-order valence-corrected chi connectivity index (χ2v) is 15.7. The number of ether oxygens (including phenoxy) is 7. The number of hydrogen-bond donors (Lipinski definition) is 12. The fraction of sp³-hybridized carbons (Fsp3) is 0.658. The Bertz CT molecular complexity index is 1870. The number of H-pyrrole nitrogens is 1. The molecule has 8 rings (SSSR count). The molecule has 19 atom stereocenters. The molecule has 6 aliphatic rings. The molecule has 0 bridgehead atoms. The molecule has 4 fully saturated rings. The number of aliphatic hydroxyl groups excluding tert-OH is 11. The van der Waals surface area contributed by atoms with Crippen molar-refractivity contribution in [1.29, 1.82) is 0 Å². The highest BCUT2D eigenvalue weighted by Crippen LogP contribution is 2.49. The minimum atomic E-state index is -1.87. The normalized spacial score (nSPS) is 43.6. The highest BCUT2D eigenvalue weighted by molar-refractivity contribution is 5.96. The largest absolute Gasteiger partial charge is 0.471 e. The summed E-state index contributed by atoms with van der Waals surface area (Å²) in [6.45, 7) is 2.27. The summed E-state index contributed by atoms with van der Waals surface area (Å²) in [5.74, 6) is -1.26. The van der Waals surface area contributed by atoms with E-state index in [0.717, 1.165) is 16.6 Å². The molecule has 326 valence electrons. The van der Waals surface area contributed by atoms with E-state index in [1.54, 1.807) is 23.1 Å². The van der Waals surface area contributed by atoms with E-state index in [0.29, 0.717) is 30.5 Å². The molecule has 21 nitrogen and oxygen atoms in total. The van der Waals surface area contributed by atoms with Crippen LogP contribution in [0.5, 0.6) is 5.75 Å². The molecule has 4 saturated heterocycles. The average Bonchev–Trinajstić information content (AvgIpc) is 3.61. The van der Waals surface area contributed by atoms with Crippen LogP contribution in [0.4, 0.5) is 0 Å². The van der Waals surface area contributed by atoms with Crippen LogP contribution in [0.2, 0.25) is 0 Å². The van der Waals surface area contributed by atoms with Crippen molar-refractivity contribution in [2.24, 2.45) is 11.8 Å². The van der Waals surface area contributed by atoms with Gasteiger partial charge in [-0.1, -0.05) is 6.08 Å². The number of amides is 1. The molecular formula is C38H50N2O19. The third kappa shape index (κ3) is 7.35. The molecule has 0 aliphatic carbocycles. The lowest BCUT2D eigenvalue weighted by Crippen LogP contribution is -2.65. The number of nitrogens with zero attached hydrogens (tertiary/aromatic N) is 1. The van der Waals surface area contributed by atoms with Gasteiger partial charge < -0.3 is 99.2 Å². The lowest BCUT2D eigenvalue weighted by atomic mass is 9.74. The van der Waals surface area contributed by atoms with Gasteiger partial charge in [-0.05, 0) is 30.5 Å². The van der Waals surface area contributed by atoms with Gasteiger partial charge in [0.15, 0.2) is 12.6 Å². The number of rotatable bonds is 10. The van der Waals surface area contributed by atoms with E-state index >= 15 is 0 Å². The topological polar surface area (TPSA) is 323 Å². The van der Waals surface area contributed by atoms with Crippen LogP contribution in [0.15, 0.2) is 42.7 Å². The van der Waals surface area contributed by atoms with Crippen LogP contribution in [-0.2, 0) is 39.6 Å². The van der Waals surface area contributed by atoms with Crippen molar-refractivity contribution >= 4 is 16.8 Å². The lowest BCUT2D eigenvalue weighted by Gasteiger charge is -2.49. The molecule has 0 unspecified atom stereocenters. The third-order valence-corrected chi connectivity index (χ3v) is 12.3. The van der Waals surface area contributed by atoms with Gasteiger partial charge in [0.25, 0.3) is 5.91 Å². The summed E-state index contributed by atoms with van der Waals surface area (Å²) in [7, 11) is 0. The second-order valence-electron chi connectivity index (χ2n) is 15.7. The summed E-state index contributed by atoms with van der Waals surface area (Å²) in [4.78, 5) is 19.3. The van der Waals surface area contributed by atoms with Crippen LogP contribution in [0.3, 0.4) is 0 Å². The number of aromatic nitrogens is 1. The Morgan fingerprint density at radius 1 is 0.763 bits per heavy atom. The van der Waals surface area contributed by atoms with Gasteiger partial charge in [-0.15, -0.1) is 6.58 Å². The highest BCUT2D eigenvalue weighted by atomic mass is 16.8. The number of carbonyl (C=O) groups is 1. The number of hydrogen-bond acceptors (Lipinski definition) is 19. The summed E-state index contributed by atoms with van der Waals surface area (Å²) in [5, 5.41) is 114. The van der Waals surface area contributed by atoms with Gasteiger partial charge in [-0.25, -0.2) is 0 Å². The molecular weight excluding hydrogens is 788 g/mol. The second kappa shape index (κ2) is 16.9. The maximum atomic E-state index is 14.1. The first-order valence-corrected chi connectivity index (χ1v) is 19.4. The molecule has 6 aliphatic heterocycles. The molecule has 1 aromatic heterocycles. The summed E-state index contributed by atoms with van der Waals surface area (Å²) < 4.78 is 40.7. The maximum absolute atomic E-state index is 14.1. The maximum Gasteiger partial charge on any atom is 0.253 e. The smallest absolute Gasteiger partial charge is 0.253 e. The van der Waals surface area contributed by atoms with Crippen molar-refractivity contribution in [2.75, 3.05) is 26.4 Å². The van der Waals surface area contributed by atoms with Crippen molar-refractivity contribution in [2.45, 2.75) is 117 Å². The van der Waals surface area contributed by atoms with Gasteiger partial charge >= 0.3 is 0 Å². The van der Waals surface area contributed by atoms with Gasteiger partial charge in [0.2, 0.25) is 12.6 Å². The third-order valence-electron chi connectivity index (χ3n) is 12.3. The monoisotopic (exact) mass is 838 g/mol. The SMILES string of the molecule is C=C[C@H]1[C@H](O[C@@H]2O[C@H](CO)[C@@H](O)[C@H](O)[C@H]2O[C@@H]2O[C@H](CO)[C@@H](O)[C@H](O)[C@H]2O)OC=C2C(=O)N3CCc4c([nH]c5cc(O[C@@H]6O[C@H](CO)[C@@H](O)[C@H](O)[C@H]6O)ccc45)[C@H]3C[C@H]21. The van der Waals surface area contributed by atoms with E-state index < -0.39 is 136 Å². The Hall–Kier alpha value is -3.33. The molecule has 0 radical (unpaired) electrons. The Morgan fingerprint density at radius 2 is 1.37 bits per heavy atom. The highest BCUT2D eigenvalue weighted by Gasteiger charge is 2.54. The van der Waals surface area contributed by atoms with Crippen LogP contribution in [-0.4, -0.2) is 197 Å². The quantitative estimate of drug-likeness (QED) is 0.100. The Balaban J connectivity index is 1.03. The fourth-order valence-electron chi connectivity index (χ4n) is 9.00. The van der Waals surface area contributed by atoms with Gasteiger partial charge in [0.1, 0.15) is 79.0 Å². The summed E-state index contributed by atoms with van der Waals surface area (Å²) in [6, 6.07) is 4.71. The van der Waals surface area contributed by atoms with E-state index in [2.05, 4.69) is 11.6 Å². The fourth-order valence-corrected chi connectivity index (χ4v) is 9.00. The number of aliphatic hydroxyl groups is 11. The first-order valence-electron chi connectivity index (χ1n) is 19.4. The predicted molar refractivity (Wildman–Crippen MR) is 193 cm³/mol. The number of piperidine rings is 1. The predicted octanol–water partition coefficient (Wildman–Crippen LogP) is -4.52. The van der Waals surface area contributed by atoms with Crippen molar-refractivity contribution in [1.82, 2.24) is 9.88 Å². The Kier molecular flexibility index (Phi) is 12.1.